The van der Waals surface area contributed by atoms with Gasteiger partial charge < -0.3 is 10.4 Å². The van der Waals surface area contributed by atoms with Crippen molar-refractivity contribution in [3.63, 3.8) is 0 Å². The first-order valence-electron chi connectivity index (χ1n) is 7.55. The first-order valence-corrected chi connectivity index (χ1v) is 7.55. The van der Waals surface area contributed by atoms with E-state index in [0.717, 1.165) is 11.9 Å². The van der Waals surface area contributed by atoms with Crippen molar-refractivity contribution in [2.45, 2.75) is 38.6 Å². The van der Waals surface area contributed by atoms with Gasteiger partial charge in [-0.25, -0.2) is 9.78 Å². The zero-order valence-corrected chi connectivity index (χ0v) is 12.2. The van der Waals surface area contributed by atoms with Crippen molar-refractivity contribution in [2.24, 2.45) is 5.92 Å². The number of nitrogens with zero attached hydrogens (tertiary/aromatic N) is 1. The number of rotatable bonds is 3. The number of hydrogen-bond acceptors (Lipinski definition) is 3. The number of benzene rings is 1. The Kier molecular flexibility index (Phi) is 3.78. The number of para-hydroxylation sites is 1. The molecule has 2 unspecified atom stereocenters. The van der Waals surface area contributed by atoms with Crippen LogP contribution in [0.5, 0.6) is 0 Å². The molecule has 0 radical (unpaired) electrons. The van der Waals surface area contributed by atoms with Crippen LogP contribution in [0.2, 0.25) is 0 Å². The van der Waals surface area contributed by atoms with Gasteiger partial charge in [-0.05, 0) is 30.9 Å². The second kappa shape index (κ2) is 5.72. The van der Waals surface area contributed by atoms with Crippen molar-refractivity contribution in [3.05, 3.63) is 35.9 Å². The van der Waals surface area contributed by atoms with E-state index in [4.69, 9.17) is 0 Å². The summed E-state index contributed by atoms with van der Waals surface area (Å²) in [5.41, 5.74) is 1.04. The van der Waals surface area contributed by atoms with Gasteiger partial charge in [0.1, 0.15) is 5.82 Å². The summed E-state index contributed by atoms with van der Waals surface area (Å²) in [6.45, 7) is 2.25. The molecule has 4 nitrogen and oxygen atoms in total. The lowest BCUT2D eigenvalue weighted by Crippen LogP contribution is -2.30. The fourth-order valence-corrected chi connectivity index (χ4v) is 3.15. The van der Waals surface area contributed by atoms with Crippen LogP contribution < -0.4 is 5.32 Å². The highest BCUT2D eigenvalue weighted by Crippen LogP contribution is 2.28. The van der Waals surface area contributed by atoms with Crippen LogP contribution in [0.4, 0.5) is 5.82 Å². The van der Waals surface area contributed by atoms with Crippen molar-refractivity contribution in [1.29, 1.82) is 0 Å². The summed E-state index contributed by atoms with van der Waals surface area (Å²) in [5, 5.41) is 13.5. The van der Waals surface area contributed by atoms with Gasteiger partial charge in [0.2, 0.25) is 0 Å². The third-order valence-corrected chi connectivity index (χ3v) is 4.39. The normalized spacial score (nSPS) is 22.1. The molecule has 1 aromatic carbocycles. The summed E-state index contributed by atoms with van der Waals surface area (Å²) in [6, 6.07) is 9.43. The summed E-state index contributed by atoms with van der Waals surface area (Å²) in [7, 11) is 0. The van der Waals surface area contributed by atoms with E-state index in [0.29, 0.717) is 28.7 Å². The Balaban J connectivity index is 1.97. The van der Waals surface area contributed by atoms with Crippen molar-refractivity contribution in [3.8, 4) is 0 Å². The van der Waals surface area contributed by atoms with Gasteiger partial charge in [0.15, 0.2) is 0 Å². The number of carboxylic acids is 1. The number of aromatic carboxylic acids is 1. The lowest BCUT2D eigenvalue weighted by molar-refractivity contribution is 0.0699. The number of hydrogen-bond donors (Lipinski definition) is 2. The summed E-state index contributed by atoms with van der Waals surface area (Å²) < 4.78 is 0. The van der Waals surface area contributed by atoms with Gasteiger partial charge in [-0.15, -0.1) is 0 Å². The van der Waals surface area contributed by atoms with Crippen LogP contribution in [0.1, 0.15) is 43.0 Å². The smallest absolute Gasteiger partial charge is 0.336 e. The molecule has 2 atom stereocenters. The minimum Gasteiger partial charge on any atom is -0.478 e. The van der Waals surface area contributed by atoms with Crippen LogP contribution in [0.3, 0.4) is 0 Å². The lowest BCUT2D eigenvalue weighted by atomic mass is 9.86. The number of carbonyl (C=O) groups is 1. The third-order valence-electron chi connectivity index (χ3n) is 4.39. The van der Waals surface area contributed by atoms with Gasteiger partial charge in [0.25, 0.3) is 0 Å². The molecule has 2 aromatic rings. The summed E-state index contributed by atoms with van der Waals surface area (Å²) in [4.78, 5) is 16.0. The first-order chi connectivity index (χ1) is 10.1. The van der Waals surface area contributed by atoms with Crippen molar-refractivity contribution >= 4 is 22.7 Å². The topological polar surface area (TPSA) is 62.2 Å². The third kappa shape index (κ3) is 2.84. The fraction of sp³-hybridized carbons (Fsp3) is 0.412. The highest BCUT2D eigenvalue weighted by Gasteiger charge is 2.22. The van der Waals surface area contributed by atoms with E-state index in [1.807, 2.05) is 18.2 Å². The molecule has 2 N–H and O–H groups in total. The molecule has 0 spiro atoms. The Morgan fingerprint density at radius 1 is 1.29 bits per heavy atom. The van der Waals surface area contributed by atoms with Crippen LogP contribution in [0.15, 0.2) is 30.3 Å². The van der Waals surface area contributed by atoms with Crippen molar-refractivity contribution < 1.29 is 9.90 Å². The molecular weight excluding hydrogens is 264 g/mol. The SMILES string of the molecule is CC1CCCCC1Nc1cc(C(=O)O)c2ccccc2n1. The highest BCUT2D eigenvalue weighted by atomic mass is 16.4. The molecule has 4 heteroatoms. The Morgan fingerprint density at radius 3 is 2.81 bits per heavy atom. The number of nitrogens with one attached hydrogen (secondary N) is 1. The van der Waals surface area contributed by atoms with Gasteiger partial charge in [-0.3, -0.25) is 0 Å². The monoisotopic (exact) mass is 284 g/mol. The molecule has 21 heavy (non-hydrogen) atoms. The second-order valence-electron chi connectivity index (χ2n) is 5.89. The molecule has 1 saturated carbocycles. The van der Waals surface area contributed by atoms with E-state index in [9.17, 15) is 9.90 Å². The van der Waals surface area contributed by atoms with Crippen LogP contribution in [0, 0.1) is 5.92 Å². The van der Waals surface area contributed by atoms with Gasteiger partial charge in [-0.2, -0.15) is 0 Å². The zero-order chi connectivity index (χ0) is 14.8. The van der Waals surface area contributed by atoms with Crippen molar-refractivity contribution in [2.75, 3.05) is 5.32 Å². The van der Waals surface area contributed by atoms with Crippen LogP contribution >= 0.6 is 0 Å². The second-order valence-corrected chi connectivity index (χ2v) is 5.89. The molecule has 1 fully saturated rings. The lowest BCUT2D eigenvalue weighted by Gasteiger charge is -2.30. The summed E-state index contributed by atoms with van der Waals surface area (Å²) in [6.07, 6.45) is 4.85. The van der Waals surface area contributed by atoms with Gasteiger partial charge in [-0.1, -0.05) is 38.0 Å². The van der Waals surface area contributed by atoms with Crippen LogP contribution in [-0.2, 0) is 0 Å². The highest BCUT2D eigenvalue weighted by molar-refractivity contribution is 6.03. The van der Waals surface area contributed by atoms with Crippen molar-refractivity contribution in [1.82, 2.24) is 4.98 Å². The predicted octanol–water partition coefficient (Wildman–Crippen LogP) is 3.92. The minimum atomic E-state index is -0.909. The maximum Gasteiger partial charge on any atom is 0.336 e. The molecule has 0 aliphatic heterocycles. The standard InChI is InChI=1S/C17H20N2O2/c1-11-6-2-4-8-14(11)18-16-10-13(17(20)21)12-7-3-5-9-15(12)19-16/h3,5,7,9-11,14H,2,4,6,8H2,1H3,(H,18,19)(H,20,21). The molecule has 110 valence electrons. The maximum absolute atomic E-state index is 11.5. The fourth-order valence-electron chi connectivity index (χ4n) is 3.15. The van der Waals surface area contributed by atoms with E-state index in [1.54, 1.807) is 12.1 Å². The Bertz CT molecular complexity index is 669. The Hall–Kier alpha value is -2.10. The molecular formula is C17H20N2O2. The molecule has 3 rings (SSSR count). The van der Waals surface area contributed by atoms with Gasteiger partial charge >= 0.3 is 5.97 Å². The molecule has 1 heterocycles. The average molecular weight is 284 g/mol. The zero-order valence-electron chi connectivity index (χ0n) is 12.2. The largest absolute Gasteiger partial charge is 0.478 e. The Morgan fingerprint density at radius 2 is 2.05 bits per heavy atom. The predicted molar refractivity (Wildman–Crippen MR) is 83.7 cm³/mol. The molecule has 0 bridgehead atoms. The molecule has 0 saturated heterocycles. The maximum atomic E-state index is 11.5. The van der Waals surface area contributed by atoms with E-state index in [-0.39, 0.29) is 0 Å². The molecule has 1 aliphatic carbocycles. The average Bonchev–Trinajstić information content (AvgIpc) is 2.48. The number of fused-ring (bicyclic) bond motifs is 1. The molecule has 0 amide bonds. The molecule has 1 aromatic heterocycles. The minimum absolute atomic E-state index is 0.312. The van der Waals surface area contributed by atoms with Gasteiger partial charge in [0.05, 0.1) is 11.1 Å². The number of carboxylic acid groups (broad SMARTS) is 1. The number of pyridine rings is 1. The molecule has 1 aliphatic rings. The van der Waals surface area contributed by atoms with Crippen LogP contribution in [-0.4, -0.2) is 22.1 Å². The number of aromatic nitrogens is 1. The van der Waals surface area contributed by atoms with E-state index < -0.39 is 5.97 Å². The van der Waals surface area contributed by atoms with Crippen LogP contribution in [0.25, 0.3) is 10.9 Å². The van der Waals surface area contributed by atoms with E-state index in [2.05, 4.69) is 17.2 Å². The Labute approximate surface area is 124 Å². The van der Waals surface area contributed by atoms with Gasteiger partial charge in [0, 0.05) is 11.4 Å². The summed E-state index contributed by atoms with van der Waals surface area (Å²) >= 11 is 0. The first kappa shape index (κ1) is 13.9. The summed E-state index contributed by atoms with van der Waals surface area (Å²) in [5.74, 6) is 0.360. The number of anilines is 1. The van der Waals surface area contributed by atoms with E-state index >= 15 is 0 Å². The van der Waals surface area contributed by atoms with E-state index in [1.165, 1.54) is 19.3 Å². The quantitative estimate of drug-likeness (QED) is 0.896.